The van der Waals surface area contributed by atoms with E-state index in [0.29, 0.717) is 5.15 Å². The standard InChI is InChI=1S/C6H4ClN3/c7-6-1-4-5(2-8-6)10-3-9-4/h1-3H,(H,9,10)/p+1. The fourth-order valence-corrected chi connectivity index (χ4v) is 1.01. The third-order valence-corrected chi connectivity index (χ3v) is 1.53. The third-order valence-electron chi connectivity index (χ3n) is 1.33. The van der Waals surface area contributed by atoms with Crippen LogP contribution in [0.2, 0.25) is 5.15 Å². The van der Waals surface area contributed by atoms with Crippen LogP contribution in [0.4, 0.5) is 0 Å². The number of pyridine rings is 1. The molecule has 0 bridgehead atoms. The van der Waals surface area contributed by atoms with Crippen molar-refractivity contribution < 1.29 is 4.98 Å². The van der Waals surface area contributed by atoms with Gasteiger partial charge in [-0.3, -0.25) is 0 Å². The number of nitrogens with one attached hydrogen (secondary N) is 2. The van der Waals surface area contributed by atoms with Crippen molar-refractivity contribution in [2.75, 3.05) is 0 Å². The number of hydrogen-bond donors (Lipinski definition) is 1. The maximum atomic E-state index is 5.63. The van der Waals surface area contributed by atoms with Crippen molar-refractivity contribution in [2.24, 2.45) is 0 Å². The Hall–Kier alpha value is -1.09. The van der Waals surface area contributed by atoms with Gasteiger partial charge in [0.25, 0.3) is 0 Å². The van der Waals surface area contributed by atoms with Gasteiger partial charge in [-0.15, -0.1) is 0 Å². The number of fused-ring (bicyclic) bond motifs is 1. The van der Waals surface area contributed by atoms with Gasteiger partial charge in [0, 0.05) is 6.07 Å². The molecule has 0 saturated carbocycles. The quantitative estimate of drug-likeness (QED) is 0.566. The molecule has 0 radical (unpaired) electrons. The molecule has 2 rings (SSSR count). The second-order valence-electron chi connectivity index (χ2n) is 1.99. The second kappa shape index (κ2) is 1.95. The van der Waals surface area contributed by atoms with Crippen LogP contribution in [0.15, 0.2) is 18.6 Å². The summed E-state index contributed by atoms with van der Waals surface area (Å²) >= 11 is 5.63. The summed E-state index contributed by atoms with van der Waals surface area (Å²) in [6, 6.07) is 1.77. The first-order valence-corrected chi connectivity index (χ1v) is 3.24. The Morgan fingerprint density at radius 1 is 1.60 bits per heavy atom. The van der Waals surface area contributed by atoms with Crippen LogP contribution < -0.4 is 4.98 Å². The molecule has 0 fully saturated rings. The first-order chi connectivity index (χ1) is 4.86. The highest BCUT2D eigenvalue weighted by atomic mass is 35.5. The molecule has 0 aliphatic heterocycles. The van der Waals surface area contributed by atoms with Crippen LogP contribution in [-0.4, -0.2) is 9.97 Å². The number of aromatic amines is 2. The van der Waals surface area contributed by atoms with Crippen LogP contribution in [0.5, 0.6) is 0 Å². The lowest BCUT2D eigenvalue weighted by atomic mass is 10.4. The first kappa shape index (κ1) is 5.68. The fraction of sp³-hybridized carbons (Fsp3) is 0. The van der Waals surface area contributed by atoms with Gasteiger partial charge in [-0.2, -0.15) is 0 Å². The van der Waals surface area contributed by atoms with Crippen molar-refractivity contribution in [1.29, 1.82) is 0 Å². The van der Waals surface area contributed by atoms with Gasteiger partial charge >= 0.3 is 0 Å². The van der Waals surface area contributed by atoms with E-state index >= 15 is 0 Å². The number of halogens is 1. The molecule has 2 heterocycles. The van der Waals surface area contributed by atoms with Gasteiger partial charge in [0.15, 0.2) is 11.0 Å². The molecule has 2 N–H and O–H groups in total. The lowest BCUT2D eigenvalue weighted by Gasteiger charge is -1.82. The lowest BCUT2D eigenvalue weighted by molar-refractivity contribution is -0.344. The van der Waals surface area contributed by atoms with Crippen LogP contribution >= 0.6 is 11.6 Å². The largest absolute Gasteiger partial charge is 0.243 e. The number of rotatable bonds is 0. The van der Waals surface area contributed by atoms with E-state index in [1.54, 1.807) is 18.6 Å². The van der Waals surface area contributed by atoms with E-state index in [1.807, 2.05) is 0 Å². The lowest BCUT2D eigenvalue weighted by Crippen LogP contribution is -1.93. The van der Waals surface area contributed by atoms with Gasteiger partial charge < -0.3 is 0 Å². The second-order valence-corrected chi connectivity index (χ2v) is 2.37. The molecule has 0 saturated heterocycles. The SMILES string of the molecule is Clc1cc2[nH+]c[nH]c2cn1. The molecule has 2 aromatic rings. The first-order valence-electron chi connectivity index (χ1n) is 2.86. The minimum atomic E-state index is 0.503. The summed E-state index contributed by atoms with van der Waals surface area (Å²) in [4.78, 5) is 9.84. The topological polar surface area (TPSA) is 42.8 Å². The van der Waals surface area contributed by atoms with E-state index < -0.39 is 0 Å². The average Bonchev–Trinajstić information content (AvgIpc) is 2.33. The molecule has 50 valence electrons. The summed E-state index contributed by atoms with van der Waals surface area (Å²) in [5, 5.41) is 0.503. The zero-order valence-corrected chi connectivity index (χ0v) is 5.81. The van der Waals surface area contributed by atoms with Crippen molar-refractivity contribution in [2.45, 2.75) is 0 Å². The van der Waals surface area contributed by atoms with Gasteiger partial charge in [-0.25, -0.2) is 15.0 Å². The smallest absolute Gasteiger partial charge is 0.240 e. The Morgan fingerprint density at radius 2 is 2.50 bits per heavy atom. The molecule has 0 unspecified atom stereocenters. The maximum Gasteiger partial charge on any atom is 0.240 e. The molecule has 0 aliphatic rings. The molecule has 3 nitrogen and oxygen atoms in total. The van der Waals surface area contributed by atoms with E-state index in [0.717, 1.165) is 11.0 Å². The molecule has 0 spiro atoms. The van der Waals surface area contributed by atoms with E-state index in [4.69, 9.17) is 11.6 Å². The normalized spacial score (nSPS) is 10.5. The van der Waals surface area contributed by atoms with E-state index in [9.17, 15) is 0 Å². The zero-order valence-electron chi connectivity index (χ0n) is 5.06. The zero-order chi connectivity index (χ0) is 6.97. The van der Waals surface area contributed by atoms with Gasteiger partial charge in [0.1, 0.15) is 5.15 Å². The molecule has 0 atom stereocenters. The summed E-state index contributed by atoms with van der Waals surface area (Å²) < 4.78 is 0. The van der Waals surface area contributed by atoms with Crippen LogP contribution in [-0.2, 0) is 0 Å². The van der Waals surface area contributed by atoms with Crippen LogP contribution in [0.3, 0.4) is 0 Å². The summed E-state index contributed by atoms with van der Waals surface area (Å²) in [5.74, 6) is 0. The Balaban J connectivity index is 2.86. The highest BCUT2D eigenvalue weighted by Crippen LogP contribution is 2.08. The van der Waals surface area contributed by atoms with E-state index in [2.05, 4.69) is 15.0 Å². The molecule has 0 aromatic carbocycles. The van der Waals surface area contributed by atoms with Gasteiger partial charge in [-0.1, -0.05) is 11.6 Å². The average molecular weight is 155 g/mol. The van der Waals surface area contributed by atoms with Crippen molar-refractivity contribution in [1.82, 2.24) is 9.97 Å². The summed E-state index contributed by atoms with van der Waals surface area (Å²) in [7, 11) is 0. The molecule has 2 aromatic heterocycles. The summed E-state index contributed by atoms with van der Waals surface area (Å²) in [6.07, 6.45) is 3.43. The maximum absolute atomic E-state index is 5.63. The summed E-state index contributed by atoms with van der Waals surface area (Å²) in [6.45, 7) is 0. The van der Waals surface area contributed by atoms with E-state index in [-0.39, 0.29) is 0 Å². The van der Waals surface area contributed by atoms with Crippen LogP contribution in [0.1, 0.15) is 0 Å². The predicted octanol–water partition coefficient (Wildman–Crippen LogP) is 1.03. The molecular weight excluding hydrogens is 150 g/mol. The van der Waals surface area contributed by atoms with Crippen molar-refractivity contribution >= 4 is 22.6 Å². The minimum absolute atomic E-state index is 0.503. The number of aromatic nitrogens is 3. The van der Waals surface area contributed by atoms with Crippen molar-refractivity contribution in [3.05, 3.63) is 23.7 Å². The van der Waals surface area contributed by atoms with Gasteiger partial charge in [0.05, 0.1) is 6.20 Å². The highest BCUT2D eigenvalue weighted by Gasteiger charge is 2.00. The van der Waals surface area contributed by atoms with Crippen LogP contribution in [0, 0.1) is 0 Å². The summed E-state index contributed by atoms with van der Waals surface area (Å²) in [5.41, 5.74) is 1.93. The minimum Gasteiger partial charge on any atom is -0.243 e. The monoisotopic (exact) mass is 154 g/mol. The molecule has 10 heavy (non-hydrogen) atoms. The molecule has 4 heteroatoms. The van der Waals surface area contributed by atoms with Gasteiger partial charge in [0.2, 0.25) is 6.33 Å². The highest BCUT2D eigenvalue weighted by molar-refractivity contribution is 6.29. The Bertz CT molecular complexity index is 355. The van der Waals surface area contributed by atoms with Gasteiger partial charge in [-0.05, 0) is 0 Å². The number of H-pyrrole nitrogens is 2. The van der Waals surface area contributed by atoms with Crippen LogP contribution in [0.25, 0.3) is 11.0 Å². The van der Waals surface area contributed by atoms with Crippen molar-refractivity contribution in [3.63, 3.8) is 0 Å². The Morgan fingerprint density at radius 3 is 3.40 bits per heavy atom. The Labute approximate surface area is 62.1 Å². The van der Waals surface area contributed by atoms with E-state index in [1.165, 1.54) is 0 Å². The molecule has 0 aliphatic carbocycles. The number of hydrogen-bond acceptors (Lipinski definition) is 1. The number of imidazole rings is 1. The Kier molecular flexibility index (Phi) is 1.11. The predicted molar refractivity (Wildman–Crippen MR) is 37.7 cm³/mol. The molecular formula is C6H5ClN3+. The fourth-order valence-electron chi connectivity index (χ4n) is 0.856. The number of nitrogens with zero attached hydrogens (tertiary/aromatic N) is 1. The third kappa shape index (κ3) is 0.752. The van der Waals surface area contributed by atoms with Crippen molar-refractivity contribution in [3.8, 4) is 0 Å². The molecule has 0 amide bonds.